The molecule has 0 spiro atoms. The molecule has 122 valence electrons. The number of hydrogen-bond acceptors (Lipinski definition) is 5. The van der Waals surface area contributed by atoms with Gasteiger partial charge in [-0.25, -0.2) is 0 Å². The monoisotopic (exact) mass is 340 g/mol. The third kappa shape index (κ3) is 2.59. The standard InChI is InChI=1S/C18H16N2O3S/c1-20(10-12-4-2-6-14-13(12)5-3-7-19-14)18(21)17-16-15(11-24-17)22-8-9-23-16/h2-7,11H,8-10H2,1H3. The number of carbonyl (C=O) groups is 1. The highest BCUT2D eigenvalue weighted by Crippen LogP contribution is 2.40. The van der Waals surface area contributed by atoms with Crippen LogP contribution in [0.2, 0.25) is 0 Å². The minimum Gasteiger partial charge on any atom is -0.485 e. The van der Waals surface area contributed by atoms with E-state index >= 15 is 0 Å². The van der Waals surface area contributed by atoms with Crippen LogP contribution in [0.25, 0.3) is 10.9 Å². The number of ether oxygens (including phenoxy) is 2. The maximum atomic E-state index is 12.8. The molecule has 5 nitrogen and oxygen atoms in total. The van der Waals surface area contributed by atoms with Crippen LogP contribution in [-0.4, -0.2) is 36.1 Å². The molecule has 0 saturated heterocycles. The molecule has 0 bridgehead atoms. The van der Waals surface area contributed by atoms with E-state index in [0.29, 0.717) is 36.1 Å². The number of carbonyl (C=O) groups excluding carboxylic acids is 1. The number of pyridine rings is 1. The van der Waals surface area contributed by atoms with Gasteiger partial charge in [-0.3, -0.25) is 9.78 Å². The first-order valence-corrected chi connectivity index (χ1v) is 8.57. The summed E-state index contributed by atoms with van der Waals surface area (Å²) in [6.07, 6.45) is 1.77. The molecular formula is C18H16N2O3S. The van der Waals surface area contributed by atoms with Crippen molar-refractivity contribution in [3.05, 3.63) is 52.3 Å². The topological polar surface area (TPSA) is 51.7 Å². The van der Waals surface area contributed by atoms with Gasteiger partial charge in [-0.15, -0.1) is 11.3 Å². The van der Waals surface area contributed by atoms with Gasteiger partial charge in [0.2, 0.25) is 0 Å². The van der Waals surface area contributed by atoms with Crippen molar-refractivity contribution in [3.8, 4) is 11.5 Å². The molecule has 1 aliphatic rings. The SMILES string of the molecule is CN(Cc1cccc2ncccc12)C(=O)c1scc2c1OCCO2. The normalized spacial score (nSPS) is 13.0. The van der Waals surface area contributed by atoms with Gasteiger partial charge < -0.3 is 14.4 Å². The minimum atomic E-state index is -0.0624. The summed E-state index contributed by atoms with van der Waals surface area (Å²) in [6.45, 7) is 1.51. The lowest BCUT2D eigenvalue weighted by atomic mass is 10.1. The lowest BCUT2D eigenvalue weighted by Gasteiger charge is -2.20. The molecule has 3 aromatic rings. The first-order valence-electron chi connectivity index (χ1n) is 7.69. The van der Waals surface area contributed by atoms with E-state index in [1.807, 2.05) is 35.7 Å². The first-order chi connectivity index (χ1) is 11.7. The summed E-state index contributed by atoms with van der Waals surface area (Å²) in [7, 11) is 1.80. The Morgan fingerprint density at radius 3 is 3.04 bits per heavy atom. The largest absolute Gasteiger partial charge is 0.485 e. The number of thiophene rings is 1. The van der Waals surface area contributed by atoms with Gasteiger partial charge in [-0.05, 0) is 17.7 Å². The van der Waals surface area contributed by atoms with Gasteiger partial charge in [-0.1, -0.05) is 18.2 Å². The van der Waals surface area contributed by atoms with Crippen molar-refractivity contribution < 1.29 is 14.3 Å². The van der Waals surface area contributed by atoms with Crippen LogP contribution in [-0.2, 0) is 6.54 Å². The molecule has 1 aromatic carbocycles. The molecule has 1 aliphatic heterocycles. The first kappa shape index (κ1) is 15.0. The summed E-state index contributed by atoms with van der Waals surface area (Å²) >= 11 is 1.36. The van der Waals surface area contributed by atoms with Gasteiger partial charge in [-0.2, -0.15) is 0 Å². The van der Waals surface area contributed by atoms with Gasteiger partial charge in [0, 0.05) is 30.6 Å². The molecule has 0 N–H and O–H groups in total. The predicted octanol–water partition coefficient (Wildman–Crippen LogP) is 3.34. The second-order valence-electron chi connectivity index (χ2n) is 5.60. The molecule has 0 unspecified atom stereocenters. The van der Waals surface area contributed by atoms with Crippen molar-refractivity contribution in [3.63, 3.8) is 0 Å². The van der Waals surface area contributed by atoms with Crippen LogP contribution < -0.4 is 9.47 Å². The molecule has 1 amide bonds. The Kier molecular flexibility index (Phi) is 3.82. The lowest BCUT2D eigenvalue weighted by molar-refractivity contribution is 0.0781. The van der Waals surface area contributed by atoms with Crippen molar-refractivity contribution >= 4 is 28.1 Å². The number of fused-ring (bicyclic) bond motifs is 2. The van der Waals surface area contributed by atoms with Gasteiger partial charge in [0.05, 0.1) is 5.52 Å². The second kappa shape index (κ2) is 6.13. The van der Waals surface area contributed by atoms with E-state index in [4.69, 9.17) is 9.47 Å². The zero-order chi connectivity index (χ0) is 16.5. The quantitative estimate of drug-likeness (QED) is 0.734. The highest BCUT2D eigenvalue weighted by atomic mass is 32.1. The molecule has 0 saturated carbocycles. The Morgan fingerprint density at radius 2 is 2.12 bits per heavy atom. The number of nitrogens with zero attached hydrogens (tertiary/aromatic N) is 2. The van der Waals surface area contributed by atoms with E-state index in [2.05, 4.69) is 4.98 Å². The van der Waals surface area contributed by atoms with E-state index in [-0.39, 0.29) is 5.91 Å². The zero-order valence-corrected chi connectivity index (χ0v) is 14.0. The summed E-state index contributed by atoms with van der Waals surface area (Å²) in [6, 6.07) is 9.90. The fraction of sp³-hybridized carbons (Fsp3) is 0.222. The summed E-state index contributed by atoms with van der Waals surface area (Å²) < 4.78 is 11.1. The smallest absolute Gasteiger partial charge is 0.267 e. The molecule has 4 rings (SSSR count). The summed E-state index contributed by atoms with van der Waals surface area (Å²) in [5.41, 5.74) is 2.00. The Balaban J connectivity index is 1.60. The van der Waals surface area contributed by atoms with Crippen LogP contribution >= 0.6 is 11.3 Å². The number of rotatable bonds is 3. The molecular weight excluding hydrogens is 324 g/mol. The minimum absolute atomic E-state index is 0.0624. The van der Waals surface area contributed by atoms with E-state index in [0.717, 1.165) is 16.5 Å². The summed E-state index contributed by atoms with van der Waals surface area (Å²) in [5.74, 6) is 1.17. The van der Waals surface area contributed by atoms with Crippen LogP contribution in [0.1, 0.15) is 15.2 Å². The molecule has 0 aliphatic carbocycles. The zero-order valence-electron chi connectivity index (χ0n) is 13.2. The Hall–Kier alpha value is -2.60. The van der Waals surface area contributed by atoms with Crippen molar-refractivity contribution in [2.24, 2.45) is 0 Å². The van der Waals surface area contributed by atoms with Crippen LogP contribution in [0.4, 0.5) is 0 Å². The van der Waals surface area contributed by atoms with E-state index in [1.54, 1.807) is 18.1 Å². The average Bonchev–Trinajstić information content (AvgIpc) is 3.05. The molecule has 0 radical (unpaired) electrons. The van der Waals surface area contributed by atoms with Crippen LogP contribution in [0.3, 0.4) is 0 Å². The fourth-order valence-electron chi connectivity index (χ4n) is 2.82. The molecule has 0 fully saturated rings. The highest BCUT2D eigenvalue weighted by Gasteiger charge is 2.25. The third-order valence-electron chi connectivity index (χ3n) is 3.99. The number of benzene rings is 1. The van der Waals surface area contributed by atoms with Gasteiger partial charge in [0.25, 0.3) is 5.91 Å². The van der Waals surface area contributed by atoms with Crippen molar-refractivity contribution in [2.75, 3.05) is 20.3 Å². The second-order valence-corrected chi connectivity index (χ2v) is 6.48. The third-order valence-corrected chi connectivity index (χ3v) is 4.91. The predicted molar refractivity (Wildman–Crippen MR) is 92.8 cm³/mol. The van der Waals surface area contributed by atoms with E-state index in [1.165, 1.54) is 11.3 Å². The number of aromatic nitrogens is 1. The van der Waals surface area contributed by atoms with Gasteiger partial charge in [0.1, 0.15) is 18.1 Å². The number of amides is 1. The van der Waals surface area contributed by atoms with Gasteiger partial charge in [0.15, 0.2) is 11.5 Å². The molecule has 2 aromatic heterocycles. The van der Waals surface area contributed by atoms with Crippen LogP contribution in [0.15, 0.2) is 41.9 Å². The molecule has 0 atom stereocenters. The highest BCUT2D eigenvalue weighted by molar-refractivity contribution is 7.12. The van der Waals surface area contributed by atoms with Crippen molar-refractivity contribution in [1.82, 2.24) is 9.88 Å². The van der Waals surface area contributed by atoms with Crippen molar-refractivity contribution in [1.29, 1.82) is 0 Å². The van der Waals surface area contributed by atoms with E-state index in [9.17, 15) is 4.79 Å². The van der Waals surface area contributed by atoms with Crippen LogP contribution in [0.5, 0.6) is 11.5 Å². The average molecular weight is 340 g/mol. The molecule has 3 heterocycles. The Bertz CT molecular complexity index is 901. The molecule has 24 heavy (non-hydrogen) atoms. The lowest BCUT2D eigenvalue weighted by Crippen LogP contribution is -2.26. The molecule has 6 heteroatoms. The van der Waals surface area contributed by atoms with Gasteiger partial charge >= 0.3 is 0 Å². The number of hydrogen-bond donors (Lipinski definition) is 0. The maximum absolute atomic E-state index is 12.8. The maximum Gasteiger partial charge on any atom is 0.267 e. The Labute approximate surface area is 143 Å². The van der Waals surface area contributed by atoms with Crippen LogP contribution in [0, 0.1) is 0 Å². The summed E-state index contributed by atoms with van der Waals surface area (Å²) in [5, 5.41) is 2.89. The Morgan fingerprint density at radius 1 is 1.25 bits per heavy atom. The summed E-state index contributed by atoms with van der Waals surface area (Å²) in [4.78, 5) is 19.5. The fourth-order valence-corrected chi connectivity index (χ4v) is 3.74. The van der Waals surface area contributed by atoms with Crippen molar-refractivity contribution in [2.45, 2.75) is 6.54 Å². The van der Waals surface area contributed by atoms with E-state index < -0.39 is 0 Å².